The predicted octanol–water partition coefficient (Wildman–Crippen LogP) is 3.47. The number of halogens is 1. The van der Waals surface area contributed by atoms with E-state index in [-0.39, 0.29) is 0 Å². The fourth-order valence-corrected chi connectivity index (χ4v) is 2.05. The van der Waals surface area contributed by atoms with Crippen molar-refractivity contribution < 1.29 is 9.47 Å². The predicted molar refractivity (Wildman–Crippen MR) is 69.2 cm³/mol. The molecule has 0 N–H and O–H groups in total. The number of nitrogens with zero attached hydrogens (tertiary/aromatic N) is 1. The van der Waals surface area contributed by atoms with Gasteiger partial charge in [-0.15, -0.1) is 0 Å². The maximum absolute atomic E-state index is 6.10. The number of ether oxygens (including phenoxy) is 2. The van der Waals surface area contributed by atoms with Gasteiger partial charge in [-0.25, -0.2) is 4.98 Å². The number of aromatic nitrogens is 1. The second-order valence-corrected chi connectivity index (χ2v) is 4.05. The Kier molecular flexibility index (Phi) is 3.38. The highest BCUT2D eigenvalue weighted by atomic mass is 35.5. The van der Waals surface area contributed by atoms with Gasteiger partial charge >= 0.3 is 0 Å². The average molecular weight is 252 g/mol. The van der Waals surface area contributed by atoms with Crippen LogP contribution >= 0.6 is 11.6 Å². The molecular formula is C13H14ClNO2. The van der Waals surface area contributed by atoms with Gasteiger partial charge in [-0.3, -0.25) is 0 Å². The minimum Gasteiger partial charge on any atom is -0.497 e. The molecule has 1 aromatic heterocycles. The van der Waals surface area contributed by atoms with Crippen molar-refractivity contribution in [3.63, 3.8) is 0 Å². The van der Waals surface area contributed by atoms with Gasteiger partial charge in [0, 0.05) is 17.5 Å². The van der Waals surface area contributed by atoms with E-state index >= 15 is 0 Å². The smallest absolute Gasteiger partial charge is 0.132 e. The standard InChI is InChI=1S/C13H14ClNO2/c1-4-8-5-10-11(15-13(8)14)6-9(16-2)7-12(10)17-3/h5-7H,4H2,1-3H3. The van der Waals surface area contributed by atoms with Gasteiger partial charge in [0.25, 0.3) is 0 Å². The van der Waals surface area contributed by atoms with Crippen LogP contribution in [0.5, 0.6) is 11.5 Å². The normalized spacial score (nSPS) is 10.6. The minimum absolute atomic E-state index is 0.537. The number of rotatable bonds is 3. The first kappa shape index (κ1) is 12.0. The molecule has 0 aliphatic carbocycles. The molecule has 0 saturated carbocycles. The number of hydrogen-bond donors (Lipinski definition) is 0. The quantitative estimate of drug-likeness (QED) is 0.783. The van der Waals surface area contributed by atoms with Crippen LogP contribution in [0.3, 0.4) is 0 Å². The summed E-state index contributed by atoms with van der Waals surface area (Å²) in [6.45, 7) is 2.05. The molecule has 0 aliphatic heterocycles. The van der Waals surface area contributed by atoms with Gasteiger partial charge in [-0.2, -0.15) is 0 Å². The molecule has 2 aromatic rings. The summed E-state index contributed by atoms with van der Waals surface area (Å²) in [6.07, 6.45) is 0.844. The van der Waals surface area contributed by atoms with Crippen molar-refractivity contribution in [2.45, 2.75) is 13.3 Å². The van der Waals surface area contributed by atoms with E-state index in [1.165, 1.54) is 0 Å². The van der Waals surface area contributed by atoms with Gasteiger partial charge in [0.1, 0.15) is 16.7 Å². The number of methoxy groups -OCH3 is 2. The maximum Gasteiger partial charge on any atom is 0.132 e. The summed E-state index contributed by atoms with van der Waals surface area (Å²) in [5.74, 6) is 1.46. The highest BCUT2D eigenvalue weighted by Crippen LogP contribution is 2.32. The summed E-state index contributed by atoms with van der Waals surface area (Å²) >= 11 is 6.10. The Hall–Kier alpha value is -1.48. The Bertz CT molecular complexity index is 555. The van der Waals surface area contributed by atoms with Gasteiger partial charge in [0.2, 0.25) is 0 Å². The molecule has 90 valence electrons. The third-order valence-corrected chi connectivity index (χ3v) is 3.06. The van der Waals surface area contributed by atoms with Crippen LogP contribution in [0.1, 0.15) is 12.5 Å². The summed E-state index contributed by atoms with van der Waals surface area (Å²) in [7, 11) is 3.25. The van der Waals surface area contributed by atoms with Gasteiger partial charge < -0.3 is 9.47 Å². The van der Waals surface area contributed by atoms with E-state index in [4.69, 9.17) is 21.1 Å². The zero-order valence-electron chi connectivity index (χ0n) is 10.1. The van der Waals surface area contributed by atoms with Crippen molar-refractivity contribution in [3.05, 3.63) is 28.9 Å². The fraction of sp³-hybridized carbons (Fsp3) is 0.308. The largest absolute Gasteiger partial charge is 0.497 e. The van der Waals surface area contributed by atoms with Gasteiger partial charge in [-0.1, -0.05) is 18.5 Å². The van der Waals surface area contributed by atoms with Crippen LogP contribution in [0.2, 0.25) is 5.15 Å². The number of aryl methyl sites for hydroxylation is 1. The van der Waals surface area contributed by atoms with Crippen LogP contribution in [0.25, 0.3) is 10.9 Å². The minimum atomic E-state index is 0.537. The Morgan fingerprint density at radius 1 is 1.18 bits per heavy atom. The van der Waals surface area contributed by atoms with Crippen molar-refractivity contribution in [2.24, 2.45) is 0 Å². The number of fused-ring (bicyclic) bond motifs is 1. The van der Waals surface area contributed by atoms with Gasteiger partial charge in [0.05, 0.1) is 19.7 Å². The van der Waals surface area contributed by atoms with E-state index < -0.39 is 0 Å². The molecule has 17 heavy (non-hydrogen) atoms. The molecule has 0 spiro atoms. The molecule has 0 bridgehead atoms. The second kappa shape index (κ2) is 4.80. The first-order valence-corrected chi connectivity index (χ1v) is 5.78. The summed E-state index contributed by atoms with van der Waals surface area (Å²) in [5, 5.41) is 1.49. The van der Waals surface area contributed by atoms with E-state index in [0.717, 1.165) is 28.6 Å². The lowest BCUT2D eigenvalue weighted by Gasteiger charge is -2.10. The molecule has 0 unspecified atom stereocenters. The number of pyridine rings is 1. The van der Waals surface area contributed by atoms with Crippen molar-refractivity contribution in [1.82, 2.24) is 4.98 Å². The molecule has 0 amide bonds. The summed E-state index contributed by atoms with van der Waals surface area (Å²) in [4.78, 5) is 4.37. The van der Waals surface area contributed by atoms with Crippen LogP contribution in [0, 0.1) is 0 Å². The Balaban J connectivity index is 2.75. The van der Waals surface area contributed by atoms with Crippen LogP contribution in [0.15, 0.2) is 18.2 Å². The zero-order chi connectivity index (χ0) is 12.4. The Morgan fingerprint density at radius 3 is 2.53 bits per heavy atom. The molecule has 3 nitrogen and oxygen atoms in total. The Labute approximate surface area is 105 Å². The van der Waals surface area contributed by atoms with Crippen LogP contribution in [-0.2, 0) is 6.42 Å². The molecule has 0 aliphatic rings. The van der Waals surface area contributed by atoms with Crippen molar-refractivity contribution in [3.8, 4) is 11.5 Å². The first-order valence-electron chi connectivity index (χ1n) is 5.40. The lowest BCUT2D eigenvalue weighted by molar-refractivity contribution is 0.398. The van der Waals surface area contributed by atoms with Crippen molar-refractivity contribution in [1.29, 1.82) is 0 Å². The average Bonchev–Trinajstić information content (AvgIpc) is 2.36. The monoisotopic (exact) mass is 251 g/mol. The summed E-state index contributed by atoms with van der Waals surface area (Å²) in [5.41, 5.74) is 1.80. The molecule has 0 fully saturated rings. The molecule has 4 heteroatoms. The molecule has 1 aromatic carbocycles. The first-order chi connectivity index (χ1) is 8.19. The maximum atomic E-state index is 6.10. The van der Waals surface area contributed by atoms with Gasteiger partial charge in [0.15, 0.2) is 0 Å². The molecule has 0 saturated heterocycles. The number of hydrogen-bond acceptors (Lipinski definition) is 3. The van der Waals surface area contributed by atoms with E-state index in [1.807, 2.05) is 25.1 Å². The summed E-state index contributed by atoms with van der Waals surface area (Å²) in [6, 6.07) is 5.71. The highest BCUT2D eigenvalue weighted by molar-refractivity contribution is 6.30. The SMILES string of the molecule is CCc1cc2c(OC)cc(OC)cc2nc1Cl. The lowest BCUT2D eigenvalue weighted by atomic mass is 10.1. The molecule has 2 rings (SSSR count). The van der Waals surface area contributed by atoms with E-state index in [1.54, 1.807) is 14.2 Å². The third kappa shape index (κ3) is 2.15. The molecule has 0 atom stereocenters. The van der Waals surface area contributed by atoms with E-state index in [2.05, 4.69) is 4.98 Å². The van der Waals surface area contributed by atoms with Crippen LogP contribution < -0.4 is 9.47 Å². The van der Waals surface area contributed by atoms with Crippen molar-refractivity contribution >= 4 is 22.5 Å². The number of benzene rings is 1. The third-order valence-electron chi connectivity index (χ3n) is 2.73. The molecular weight excluding hydrogens is 238 g/mol. The van der Waals surface area contributed by atoms with Crippen LogP contribution in [-0.4, -0.2) is 19.2 Å². The van der Waals surface area contributed by atoms with Crippen LogP contribution in [0.4, 0.5) is 0 Å². The fourth-order valence-electron chi connectivity index (χ4n) is 1.77. The van der Waals surface area contributed by atoms with E-state index in [9.17, 15) is 0 Å². The molecule has 0 radical (unpaired) electrons. The summed E-state index contributed by atoms with van der Waals surface area (Å²) < 4.78 is 10.5. The lowest BCUT2D eigenvalue weighted by Crippen LogP contribution is -1.93. The highest BCUT2D eigenvalue weighted by Gasteiger charge is 2.09. The topological polar surface area (TPSA) is 31.4 Å². The van der Waals surface area contributed by atoms with E-state index in [0.29, 0.717) is 10.9 Å². The molecule has 1 heterocycles. The van der Waals surface area contributed by atoms with Gasteiger partial charge in [-0.05, 0) is 18.1 Å². The second-order valence-electron chi connectivity index (χ2n) is 3.69. The zero-order valence-corrected chi connectivity index (χ0v) is 10.8. The Morgan fingerprint density at radius 2 is 1.94 bits per heavy atom. The van der Waals surface area contributed by atoms with Crippen molar-refractivity contribution in [2.75, 3.05) is 14.2 Å².